The Morgan fingerprint density at radius 1 is 1.43 bits per heavy atom. The molecule has 3 heteroatoms. The molecule has 2 rings (SSSR count). The lowest BCUT2D eigenvalue weighted by atomic mass is 9.94. The molecular weight excluding hydrogens is 214 g/mol. The molecule has 1 aromatic carbocycles. The smallest absolute Gasteiger partial charge is 0.0264 e. The van der Waals surface area contributed by atoms with Gasteiger partial charge < -0.3 is 5.32 Å². The fraction of sp³-hybridized carbons (Fsp3) is 0.455. The van der Waals surface area contributed by atoms with Gasteiger partial charge in [-0.3, -0.25) is 0 Å². The van der Waals surface area contributed by atoms with E-state index in [0.717, 1.165) is 30.8 Å². The van der Waals surface area contributed by atoms with Gasteiger partial charge in [-0.1, -0.05) is 6.07 Å². The molecule has 0 radical (unpaired) electrons. The largest absolute Gasteiger partial charge is 0.312 e. The third-order valence-electron chi connectivity index (χ3n) is 2.72. The van der Waals surface area contributed by atoms with Crippen LogP contribution in [0.15, 0.2) is 17.0 Å². The summed E-state index contributed by atoms with van der Waals surface area (Å²) in [4.78, 5) is 1.08. The number of hydrogen-bond acceptors (Lipinski definition) is 2. The van der Waals surface area contributed by atoms with Gasteiger partial charge in [0.15, 0.2) is 0 Å². The lowest BCUT2D eigenvalue weighted by Crippen LogP contribution is -2.25. The van der Waals surface area contributed by atoms with Crippen LogP contribution in [0.2, 0.25) is 0 Å². The highest BCUT2D eigenvalue weighted by atomic mass is 35.5. The van der Waals surface area contributed by atoms with Gasteiger partial charge in [-0.15, -0.1) is 24.2 Å². The first-order valence-electron chi connectivity index (χ1n) is 4.92. The molecule has 0 saturated carbocycles. The molecule has 1 nitrogen and oxygen atoms in total. The molecule has 1 N–H and O–H groups in total. The third kappa shape index (κ3) is 1.92. The van der Waals surface area contributed by atoms with E-state index in [9.17, 15) is 0 Å². The maximum atomic E-state index is 5.80. The monoisotopic (exact) mass is 227 g/mol. The first-order valence-corrected chi connectivity index (χ1v) is 5.90. The Labute approximate surface area is 95.3 Å². The Morgan fingerprint density at radius 2 is 2.29 bits per heavy atom. The zero-order chi connectivity index (χ0) is 9.97. The molecule has 0 aromatic heterocycles. The maximum Gasteiger partial charge on any atom is 0.0264 e. The standard InChI is InChI=1S/C11H14ClNS/c12-5-3-9-10-7-13-6-4-8(10)1-2-11(9)14/h1-2,13-14H,3-7H2. The highest BCUT2D eigenvalue weighted by Gasteiger charge is 2.14. The summed E-state index contributed by atoms with van der Waals surface area (Å²) in [6, 6.07) is 4.28. The van der Waals surface area contributed by atoms with E-state index in [4.69, 9.17) is 11.6 Å². The van der Waals surface area contributed by atoms with Crippen LogP contribution in [0, 0.1) is 0 Å². The van der Waals surface area contributed by atoms with Crippen molar-refractivity contribution in [3.8, 4) is 0 Å². The van der Waals surface area contributed by atoms with Crippen molar-refractivity contribution < 1.29 is 0 Å². The Balaban J connectivity index is 2.43. The molecular formula is C11H14ClNS. The number of benzene rings is 1. The summed E-state index contributed by atoms with van der Waals surface area (Å²) in [5.41, 5.74) is 4.21. The van der Waals surface area contributed by atoms with E-state index >= 15 is 0 Å². The summed E-state index contributed by atoms with van der Waals surface area (Å²) in [5, 5.41) is 3.39. The third-order valence-corrected chi connectivity index (χ3v) is 3.33. The molecule has 0 aliphatic carbocycles. The van der Waals surface area contributed by atoms with E-state index in [1.165, 1.54) is 16.7 Å². The van der Waals surface area contributed by atoms with Gasteiger partial charge in [-0.2, -0.15) is 0 Å². The fourth-order valence-electron chi connectivity index (χ4n) is 1.99. The van der Waals surface area contributed by atoms with Crippen LogP contribution < -0.4 is 5.32 Å². The molecule has 0 unspecified atom stereocenters. The van der Waals surface area contributed by atoms with Gasteiger partial charge in [0.2, 0.25) is 0 Å². The van der Waals surface area contributed by atoms with Crippen molar-refractivity contribution in [2.24, 2.45) is 0 Å². The van der Waals surface area contributed by atoms with Crippen LogP contribution >= 0.6 is 24.2 Å². The molecule has 0 fully saturated rings. The SMILES string of the molecule is Sc1ccc2c(c1CCCl)CNCC2. The number of hydrogen-bond donors (Lipinski definition) is 2. The minimum absolute atomic E-state index is 0.671. The minimum Gasteiger partial charge on any atom is -0.312 e. The topological polar surface area (TPSA) is 12.0 Å². The van der Waals surface area contributed by atoms with Crippen LogP contribution in [0.5, 0.6) is 0 Å². The second-order valence-corrected chi connectivity index (χ2v) is 4.43. The zero-order valence-electron chi connectivity index (χ0n) is 8.02. The van der Waals surface area contributed by atoms with Crippen molar-refractivity contribution >= 4 is 24.2 Å². The van der Waals surface area contributed by atoms with Crippen LogP contribution in [0.1, 0.15) is 16.7 Å². The van der Waals surface area contributed by atoms with Gasteiger partial charge in [-0.25, -0.2) is 0 Å². The molecule has 0 bridgehead atoms. The van der Waals surface area contributed by atoms with E-state index in [1.807, 2.05) is 0 Å². The molecule has 0 amide bonds. The Morgan fingerprint density at radius 3 is 3.07 bits per heavy atom. The van der Waals surface area contributed by atoms with Crippen molar-refractivity contribution in [1.29, 1.82) is 0 Å². The van der Waals surface area contributed by atoms with Gasteiger partial charge >= 0.3 is 0 Å². The highest BCUT2D eigenvalue weighted by Crippen LogP contribution is 2.25. The van der Waals surface area contributed by atoms with Gasteiger partial charge in [0.1, 0.15) is 0 Å². The van der Waals surface area contributed by atoms with Crippen molar-refractivity contribution in [3.05, 3.63) is 28.8 Å². The van der Waals surface area contributed by atoms with Crippen molar-refractivity contribution in [1.82, 2.24) is 5.32 Å². The summed E-state index contributed by atoms with van der Waals surface area (Å²) in [6.07, 6.45) is 2.05. The van der Waals surface area contributed by atoms with Crippen molar-refractivity contribution in [3.63, 3.8) is 0 Å². The summed E-state index contributed by atoms with van der Waals surface area (Å²) in [6.45, 7) is 2.05. The molecule has 0 spiro atoms. The van der Waals surface area contributed by atoms with Crippen LogP contribution in [0.4, 0.5) is 0 Å². The fourth-order valence-corrected chi connectivity index (χ4v) is 2.50. The van der Waals surface area contributed by atoms with E-state index in [2.05, 4.69) is 30.1 Å². The lowest BCUT2D eigenvalue weighted by Gasteiger charge is -2.21. The van der Waals surface area contributed by atoms with Gasteiger partial charge in [0.05, 0.1) is 0 Å². The van der Waals surface area contributed by atoms with Crippen molar-refractivity contribution in [2.45, 2.75) is 24.3 Å². The molecule has 1 aromatic rings. The predicted octanol–water partition coefficient (Wildman–Crippen LogP) is 2.40. The zero-order valence-corrected chi connectivity index (χ0v) is 9.67. The van der Waals surface area contributed by atoms with E-state index in [1.54, 1.807) is 0 Å². The Hall–Kier alpha value is -0.180. The summed E-state index contributed by atoms with van der Waals surface area (Å²) < 4.78 is 0. The summed E-state index contributed by atoms with van der Waals surface area (Å²) in [5.74, 6) is 0.671. The Kier molecular flexibility index (Phi) is 3.37. The van der Waals surface area contributed by atoms with E-state index in [-0.39, 0.29) is 0 Å². The van der Waals surface area contributed by atoms with Gasteiger partial charge in [-0.05, 0) is 42.1 Å². The van der Waals surface area contributed by atoms with E-state index in [0.29, 0.717) is 5.88 Å². The number of fused-ring (bicyclic) bond motifs is 1. The summed E-state index contributed by atoms with van der Waals surface area (Å²) >= 11 is 10.3. The number of rotatable bonds is 2. The molecule has 0 atom stereocenters. The van der Waals surface area contributed by atoms with Gasteiger partial charge in [0, 0.05) is 17.3 Å². The van der Waals surface area contributed by atoms with Crippen molar-refractivity contribution in [2.75, 3.05) is 12.4 Å². The first kappa shape index (κ1) is 10.3. The van der Waals surface area contributed by atoms with Crippen LogP contribution in [0.25, 0.3) is 0 Å². The van der Waals surface area contributed by atoms with Gasteiger partial charge in [0.25, 0.3) is 0 Å². The number of halogens is 1. The van der Waals surface area contributed by atoms with Crippen LogP contribution in [-0.4, -0.2) is 12.4 Å². The maximum absolute atomic E-state index is 5.80. The second-order valence-electron chi connectivity index (χ2n) is 3.57. The summed E-state index contributed by atoms with van der Waals surface area (Å²) in [7, 11) is 0. The molecule has 1 heterocycles. The predicted molar refractivity (Wildman–Crippen MR) is 63.5 cm³/mol. The van der Waals surface area contributed by atoms with Crippen LogP contribution in [-0.2, 0) is 19.4 Å². The number of nitrogens with one attached hydrogen (secondary N) is 1. The molecule has 1 aliphatic heterocycles. The number of alkyl halides is 1. The quantitative estimate of drug-likeness (QED) is 0.584. The first-order chi connectivity index (χ1) is 6.83. The highest BCUT2D eigenvalue weighted by molar-refractivity contribution is 7.80. The van der Waals surface area contributed by atoms with E-state index < -0.39 is 0 Å². The average molecular weight is 228 g/mol. The minimum atomic E-state index is 0.671. The Bertz CT molecular complexity index is 338. The van der Waals surface area contributed by atoms with Crippen LogP contribution in [0.3, 0.4) is 0 Å². The number of thiol groups is 1. The molecule has 14 heavy (non-hydrogen) atoms. The average Bonchev–Trinajstić information content (AvgIpc) is 2.23. The second kappa shape index (κ2) is 4.56. The molecule has 1 aliphatic rings. The molecule has 0 saturated heterocycles. The lowest BCUT2D eigenvalue weighted by molar-refractivity contribution is 0.635. The normalized spacial score (nSPS) is 15.3. The molecule has 76 valence electrons.